The largest absolute Gasteiger partial charge is 0.490 e. The van der Waals surface area contributed by atoms with Crippen LogP contribution in [0, 0.1) is 18.3 Å². The lowest BCUT2D eigenvalue weighted by Crippen LogP contribution is -2.13. The number of allylic oxidation sites excluding steroid dienone is 1. The first-order valence-corrected chi connectivity index (χ1v) is 9.57. The Morgan fingerprint density at radius 2 is 2.10 bits per heavy atom. The van der Waals surface area contributed by atoms with E-state index < -0.39 is 5.97 Å². The van der Waals surface area contributed by atoms with Gasteiger partial charge in [-0.25, -0.2) is 9.78 Å². The van der Waals surface area contributed by atoms with Gasteiger partial charge in [-0.2, -0.15) is 5.26 Å². The van der Waals surface area contributed by atoms with Gasteiger partial charge >= 0.3 is 5.97 Å². The number of halogens is 1. The number of hydrogen-bond acceptors (Lipinski definition) is 6. The molecule has 1 N–H and O–H groups in total. The van der Waals surface area contributed by atoms with E-state index in [1.807, 2.05) is 32.0 Å². The number of rotatable bonds is 7. The van der Waals surface area contributed by atoms with Crippen LogP contribution in [-0.4, -0.2) is 36.3 Å². The number of nitrogens with zero attached hydrogens (tertiary/aromatic N) is 2. The molecule has 0 fully saturated rings. The predicted molar refractivity (Wildman–Crippen MR) is 114 cm³/mol. The molecule has 0 radical (unpaired) electrons. The van der Waals surface area contributed by atoms with Crippen LogP contribution in [-0.2, 0) is 9.53 Å². The monoisotopic (exact) mass is 425 g/mol. The molecular weight excluding hydrogens is 406 g/mol. The highest BCUT2D eigenvalue weighted by Gasteiger charge is 2.15. The minimum absolute atomic E-state index is 0.235. The minimum Gasteiger partial charge on any atom is -0.490 e. The van der Waals surface area contributed by atoms with Gasteiger partial charge in [0, 0.05) is 0 Å². The third kappa shape index (κ3) is 4.73. The second kappa shape index (κ2) is 9.33. The van der Waals surface area contributed by atoms with E-state index in [0.29, 0.717) is 29.3 Å². The van der Waals surface area contributed by atoms with E-state index in [-0.39, 0.29) is 17.4 Å². The van der Waals surface area contributed by atoms with E-state index in [9.17, 15) is 10.1 Å². The van der Waals surface area contributed by atoms with Crippen LogP contribution in [0.4, 0.5) is 0 Å². The van der Waals surface area contributed by atoms with Gasteiger partial charge in [0.1, 0.15) is 11.9 Å². The van der Waals surface area contributed by atoms with Crippen molar-refractivity contribution in [1.29, 1.82) is 5.26 Å². The SMILES string of the molecule is CCOc1cc(C=C(C#N)c2nc3ccc(C)cc3[nH]2)cc(Cl)c1OCC(=O)OC. The molecule has 0 atom stereocenters. The van der Waals surface area contributed by atoms with E-state index in [0.717, 1.165) is 16.6 Å². The molecule has 2 aromatic carbocycles. The third-order valence-electron chi connectivity index (χ3n) is 4.22. The molecule has 8 heteroatoms. The molecule has 3 aromatic rings. The fraction of sp³-hybridized carbons (Fsp3) is 0.227. The van der Waals surface area contributed by atoms with Crippen molar-refractivity contribution < 1.29 is 19.0 Å². The Hall–Kier alpha value is -3.50. The van der Waals surface area contributed by atoms with Crippen molar-refractivity contribution in [3.05, 3.63) is 52.3 Å². The molecule has 154 valence electrons. The second-order valence-corrected chi connectivity index (χ2v) is 6.81. The van der Waals surface area contributed by atoms with E-state index in [2.05, 4.69) is 20.8 Å². The molecule has 0 aliphatic rings. The average molecular weight is 426 g/mol. The van der Waals surface area contributed by atoms with Gasteiger partial charge in [0.2, 0.25) is 0 Å². The number of aryl methyl sites for hydroxylation is 1. The zero-order chi connectivity index (χ0) is 21.7. The predicted octanol–water partition coefficient (Wildman–Crippen LogP) is 4.54. The van der Waals surface area contributed by atoms with Crippen LogP contribution in [0.1, 0.15) is 23.9 Å². The number of aromatic amines is 1. The molecule has 0 bridgehead atoms. The molecule has 0 aliphatic heterocycles. The van der Waals surface area contributed by atoms with Crippen LogP contribution >= 0.6 is 11.6 Å². The molecule has 0 unspecified atom stereocenters. The summed E-state index contributed by atoms with van der Waals surface area (Å²) in [4.78, 5) is 19.0. The quantitative estimate of drug-likeness (QED) is 0.441. The number of fused-ring (bicyclic) bond motifs is 1. The van der Waals surface area contributed by atoms with Gasteiger partial charge in [-0.1, -0.05) is 17.7 Å². The number of nitriles is 1. The number of benzene rings is 2. The fourth-order valence-electron chi connectivity index (χ4n) is 2.84. The maximum absolute atomic E-state index is 11.4. The van der Waals surface area contributed by atoms with Gasteiger partial charge < -0.3 is 19.2 Å². The van der Waals surface area contributed by atoms with Crippen LogP contribution in [0.15, 0.2) is 30.3 Å². The lowest BCUT2D eigenvalue weighted by atomic mass is 10.1. The number of carbonyl (C=O) groups is 1. The van der Waals surface area contributed by atoms with Crippen molar-refractivity contribution in [3.8, 4) is 17.6 Å². The summed E-state index contributed by atoms with van der Waals surface area (Å²) in [6.07, 6.45) is 1.66. The van der Waals surface area contributed by atoms with Crippen LogP contribution < -0.4 is 9.47 Å². The molecule has 0 aliphatic carbocycles. The maximum atomic E-state index is 11.4. The van der Waals surface area contributed by atoms with Gasteiger partial charge in [0.15, 0.2) is 18.1 Å². The second-order valence-electron chi connectivity index (χ2n) is 6.40. The molecule has 1 aromatic heterocycles. The standard InChI is InChI=1S/C22H20ClN3O4/c1-4-29-19-10-14(9-16(23)21(19)30-12-20(27)28-3)8-15(11-24)22-25-17-6-5-13(2)7-18(17)26-22/h5-10H,4,12H2,1-3H3,(H,25,26). The van der Waals surface area contributed by atoms with Crippen molar-refractivity contribution in [1.82, 2.24) is 9.97 Å². The van der Waals surface area contributed by atoms with E-state index in [1.54, 1.807) is 18.2 Å². The average Bonchev–Trinajstić information content (AvgIpc) is 3.14. The lowest BCUT2D eigenvalue weighted by Gasteiger charge is -2.14. The highest BCUT2D eigenvalue weighted by Crippen LogP contribution is 2.37. The van der Waals surface area contributed by atoms with Crippen molar-refractivity contribution in [2.75, 3.05) is 20.3 Å². The van der Waals surface area contributed by atoms with Crippen molar-refractivity contribution in [2.24, 2.45) is 0 Å². The number of imidazole rings is 1. The van der Waals surface area contributed by atoms with E-state index >= 15 is 0 Å². The third-order valence-corrected chi connectivity index (χ3v) is 4.50. The first-order valence-electron chi connectivity index (χ1n) is 9.19. The number of esters is 1. The number of ether oxygens (including phenoxy) is 3. The Morgan fingerprint density at radius 3 is 2.80 bits per heavy atom. The van der Waals surface area contributed by atoms with Gasteiger partial charge in [-0.15, -0.1) is 0 Å². The summed E-state index contributed by atoms with van der Waals surface area (Å²) in [6.45, 7) is 3.87. The molecule has 7 nitrogen and oxygen atoms in total. The van der Waals surface area contributed by atoms with Gasteiger partial charge in [-0.3, -0.25) is 0 Å². The van der Waals surface area contributed by atoms with Gasteiger partial charge in [-0.05, 0) is 55.3 Å². The summed E-state index contributed by atoms with van der Waals surface area (Å²) in [5, 5.41) is 9.92. The number of aromatic nitrogens is 2. The summed E-state index contributed by atoms with van der Waals surface area (Å²) in [5.41, 5.74) is 3.69. The number of nitrogens with one attached hydrogen (secondary N) is 1. The number of carbonyl (C=O) groups excluding carboxylic acids is 1. The summed E-state index contributed by atoms with van der Waals surface area (Å²) in [5.74, 6) is 0.513. The zero-order valence-corrected chi connectivity index (χ0v) is 17.5. The molecule has 0 spiro atoms. The normalized spacial score (nSPS) is 11.2. The van der Waals surface area contributed by atoms with Gasteiger partial charge in [0.05, 0.1) is 35.3 Å². The highest BCUT2D eigenvalue weighted by atomic mass is 35.5. The lowest BCUT2D eigenvalue weighted by molar-refractivity contribution is -0.142. The molecule has 0 saturated heterocycles. The summed E-state index contributed by atoms with van der Waals surface area (Å²) in [7, 11) is 1.27. The Labute approximate surface area is 178 Å². The van der Waals surface area contributed by atoms with Crippen LogP contribution in [0.3, 0.4) is 0 Å². The first-order chi connectivity index (χ1) is 14.4. The molecule has 30 heavy (non-hydrogen) atoms. The minimum atomic E-state index is -0.538. The molecular formula is C22H20ClN3O4. The van der Waals surface area contributed by atoms with E-state index in [1.165, 1.54) is 7.11 Å². The zero-order valence-electron chi connectivity index (χ0n) is 16.8. The summed E-state index contributed by atoms with van der Waals surface area (Å²) >= 11 is 6.36. The van der Waals surface area contributed by atoms with Crippen molar-refractivity contribution in [3.63, 3.8) is 0 Å². The van der Waals surface area contributed by atoms with Crippen molar-refractivity contribution >= 4 is 40.3 Å². The number of hydrogen-bond donors (Lipinski definition) is 1. The Bertz CT molecular complexity index is 1160. The topological polar surface area (TPSA) is 97.2 Å². The number of methoxy groups -OCH3 is 1. The highest BCUT2D eigenvalue weighted by molar-refractivity contribution is 6.32. The maximum Gasteiger partial charge on any atom is 0.343 e. The fourth-order valence-corrected chi connectivity index (χ4v) is 3.11. The van der Waals surface area contributed by atoms with E-state index in [4.69, 9.17) is 21.1 Å². The summed E-state index contributed by atoms with van der Waals surface area (Å²) in [6, 6.07) is 11.3. The van der Waals surface area contributed by atoms with Crippen LogP contribution in [0.5, 0.6) is 11.5 Å². The molecule has 3 rings (SSSR count). The molecule has 1 heterocycles. The first kappa shape index (κ1) is 21.2. The molecule has 0 amide bonds. The van der Waals surface area contributed by atoms with Crippen LogP contribution in [0.2, 0.25) is 5.02 Å². The Kier molecular flexibility index (Phi) is 6.60. The number of H-pyrrole nitrogens is 1. The summed E-state index contributed by atoms with van der Waals surface area (Å²) < 4.78 is 15.6. The van der Waals surface area contributed by atoms with Crippen molar-refractivity contribution in [2.45, 2.75) is 13.8 Å². The molecule has 0 saturated carbocycles. The van der Waals surface area contributed by atoms with Crippen LogP contribution in [0.25, 0.3) is 22.7 Å². The Morgan fingerprint density at radius 1 is 1.30 bits per heavy atom. The smallest absolute Gasteiger partial charge is 0.343 e. The Balaban J connectivity index is 1.99. The van der Waals surface area contributed by atoms with Gasteiger partial charge in [0.25, 0.3) is 0 Å².